The number of hydrogen-bond acceptors (Lipinski definition) is 7. The van der Waals surface area contributed by atoms with E-state index in [0.29, 0.717) is 35.0 Å². The summed E-state index contributed by atoms with van der Waals surface area (Å²) < 4.78 is 5.33. The van der Waals surface area contributed by atoms with Crippen molar-refractivity contribution in [1.29, 1.82) is 0 Å². The summed E-state index contributed by atoms with van der Waals surface area (Å²) in [6, 6.07) is 8.55. The van der Waals surface area contributed by atoms with Crippen molar-refractivity contribution < 1.29 is 9.53 Å². The first-order chi connectivity index (χ1) is 18.8. The number of likely N-dealkylation sites (tertiary alicyclic amines) is 1. The highest BCUT2D eigenvalue weighted by atomic mass is 35.5. The van der Waals surface area contributed by atoms with Crippen molar-refractivity contribution in [2.24, 2.45) is 0 Å². The molecule has 1 atom stereocenters. The zero-order chi connectivity index (χ0) is 27.9. The highest BCUT2D eigenvalue weighted by molar-refractivity contribution is 6.29. The highest BCUT2D eigenvalue weighted by Gasteiger charge is 2.28. The van der Waals surface area contributed by atoms with Crippen LogP contribution in [0.2, 0.25) is 5.15 Å². The minimum atomic E-state index is -0.0894. The Labute approximate surface area is 236 Å². The van der Waals surface area contributed by atoms with Crippen LogP contribution in [-0.4, -0.2) is 64.6 Å². The molecule has 1 saturated heterocycles. The average Bonchev–Trinajstić information content (AvgIpc) is 2.92. The molecule has 9 heteroatoms. The molecule has 0 aromatic carbocycles. The molecule has 1 fully saturated rings. The van der Waals surface area contributed by atoms with E-state index < -0.39 is 0 Å². The van der Waals surface area contributed by atoms with Gasteiger partial charge in [-0.05, 0) is 87.9 Å². The molecule has 1 aliphatic rings. The molecule has 3 aromatic rings. The van der Waals surface area contributed by atoms with Crippen LogP contribution in [-0.2, 0) is 6.54 Å². The second-order valence-electron chi connectivity index (χ2n) is 10.4. The van der Waals surface area contributed by atoms with Gasteiger partial charge >= 0.3 is 0 Å². The molecule has 4 rings (SSSR count). The largest absolute Gasteiger partial charge is 0.495 e. The van der Waals surface area contributed by atoms with Crippen molar-refractivity contribution >= 4 is 23.3 Å². The zero-order valence-electron chi connectivity index (χ0n) is 23.6. The van der Waals surface area contributed by atoms with Crippen molar-refractivity contribution in [3.05, 3.63) is 76.0 Å². The lowest BCUT2D eigenvalue weighted by Gasteiger charge is -2.41. The first-order valence-electron chi connectivity index (χ1n) is 13.6. The number of methoxy groups -OCH3 is 1. The van der Waals surface area contributed by atoms with Gasteiger partial charge in [-0.3, -0.25) is 9.78 Å². The Hall–Kier alpha value is -3.23. The van der Waals surface area contributed by atoms with Gasteiger partial charge in [0.15, 0.2) is 0 Å². The maximum atomic E-state index is 12.8. The van der Waals surface area contributed by atoms with Crippen molar-refractivity contribution in [2.75, 3.05) is 31.6 Å². The predicted molar refractivity (Wildman–Crippen MR) is 156 cm³/mol. The molecule has 0 aliphatic carbocycles. The van der Waals surface area contributed by atoms with Gasteiger partial charge in [0, 0.05) is 50.7 Å². The molecule has 0 spiro atoms. The molecule has 8 nitrogen and oxygen atoms in total. The summed E-state index contributed by atoms with van der Waals surface area (Å²) in [6.45, 7) is 11.5. The molecular formula is C30H39ClN6O2. The number of anilines is 1. The van der Waals surface area contributed by atoms with Crippen LogP contribution in [0.1, 0.15) is 58.9 Å². The van der Waals surface area contributed by atoms with E-state index in [1.807, 2.05) is 38.4 Å². The third-order valence-electron chi connectivity index (χ3n) is 7.74. The van der Waals surface area contributed by atoms with Crippen LogP contribution in [0.5, 0.6) is 5.75 Å². The van der Waals surface area contributed by atoms with Crippen LogP contribution in [0.3, 0.4) is 0 Å². The van der Waals surface area contributed by atoms with Gasteiger partial charge in [0.1, 0.15) is 16.7 Å². The fraction of sp³-hybridized carbons (Fsp3) is 0.467. The smallest absolute Gasteiger partial charge is 0.253 e. The van der Waals surface area contributed by atoms with Gasteiger partial charge in [-0.25, -0.2) is 9.97 Å². The highest BCUT2D eigenvalue weighted by Crippen LogP contribution is 2.27. The van der Waals surface area contributed by atoms with Crippen LogP contribution in [0.4, 0.5) is 5.82 Å². The number of nitrogens with zero attached hydrogens (tertiary/aromatic N) is 5. The number of ether oxygens (including phenoxy) is 1. The number of aryl methyl sites for hydroxylation is 3. The van der Waals surface area contributed by atoms with Crippen LogP contribution < -0.4 is 15.0 Å². The maximum absolute atomic E-state index is 12.8. The van der Waals surface area contributed by atoms with E-state index in [-0.39, 0.29) is 5.91 Å². The van der Waals surface area contributed by atoms with Gasteiger partial charge in [0.05, 0.1) is 24.6 Å². The minimum Gasteiger partial charge on any atom is -0.495 e. The van der Waals surface area contributed by atoms with Gasteiger partial charge in [0.2, 0.25) is 0 Å². The molecule has 1 aliphatic heterocycles. The van der Waals surface area contributed by atoms with E-state index in [1.165, 1.54) is 11.1 Å². The van der Waals surface area contributed by atoms with Crippen molar-refractivity contribution in [3.63, 3.8) is 0 Å². The van der Waals surface area contributed by atoms with Crippen LogP contribution in [0.25, 0.3) is 0 Å². The second kappa shape index (κ2) is 13.2. The Balaban J connectivity index is 1.34. The van der Waals surface area contributed by atoms with E-state index in [4.69, 9.17) is 21.3 Å². The third kappa shape index (κ3) is 7.25. The van der Waals surface area contributed by atoms with Gasteiger partial charge in [-0.2, -0.15) is 0 Å². The molecular weight excluding hydrogens is 512 g/mol. The molecule has 1 amide bonds. The molecule has 0 bridgehead atoms. The monoisotopic (exact) mass is 550 g/mol. The number of carbonyl (C=O) groups excluding carboxylic acids is 1. The Morgan fingerprint density at radius 3 is 2.59 bits per heavy atom. The summed E-state index contributed by atoms with van der Waals surface area (Å²) in [5.41, 5.74) is 4.56. The lowest BCUT2D eigenvalue weighted by Crippen LogP contribution is -2.48. The average molecular weight is 551 g/mol. The molecule has 0 radical (unpaired) electrons. The van der Waals surface area contributed by atoms with Gasteiger partial charge in [-0.15, -0.1) is 0 Å². The standard InChI is InChI=1S/C30H39ClN6O2/c1-20-8-12-32-17-24(20)19-37(28-7-6-26(39-5)18-34-28)25-10-14-36(15-11-25)22(3)9-13-33-30(38)29-21(2)16-27(31)35-23(29)4/h6-8,12,16-18,22,25H,9-11,13-15,19H2,1-5H3,(H,33,38). The first kappa shape index (κ1) is 28.8. The predicted octanol–water partition coefficient (Wildman–Crippen LogP) is 5.14. The second-order valence-corrected chi connectivity index (χ2v) is 10.8. The summed E-state index contributed by atoms with van der Waals surface area (Å²) in [5, 5.41) is 3.49. The molecule has 1 unspecified atom stereocenters. The normalized spacial score (nSPS) is 15.1. The maximum Gasteiger partial charge on any atom is 0.253 e. The Kier molecular flexibility index (Phi) is 9.75. The number of piperidine rings is 1. The van der Waals surface area contributed by atoms with E-state index in [1.54, 1.807) is 19.4 Å². The van der Waals surface area contributed by atoms with Crippen molar-refractivity contribution in [1.82, 2.24) is 25.2 Å². The van der Waals surface area contributed by atoms with Gasteiger partial charge < -0.3 is 19.9 Å². The fourth-order valence-electron chi connectivity index (χ4n) is 5.34. The Bertz CT molecular complexity index is 1240. The summed E-state index contributed by atoms with van der Waals surface area (Å²) >= 11 is 6.02. The van der Waals surface area contributed by atoms with Crippen molar-refractivity contribution in [3.8, 4) is 5.75 Å². The van der Waals surface area contributed by atoms with E-state index in [0.717, 1.165) is 56.0 Å². The summed E-state index contributed by atoms with van der Waals surface area (Å²) in [7, 11) is 1.66. The van der Waals surface area contributed by atoms with Crippen molar-refractivity contribution in [2.45, 2.75) is 65.6 Å². The SMILES string of the molecule is COc1ccc(N(Cc2cnccc2C)C2CCN(C(C)CCNC(=O)c3c(C)cc(Cl)nc3C)CC2)nc1. The number of pyridine rings is 3. The number of amides is 1. The Morgan fingerprint density at radius 2 is 1.95 bits per heavy atom. The number of nitrogens with one attached hydrogen (secondary N) is 1. The van der Waals surface area contributed by atoms with E-state index in [9.17, 15) is 4.79 Å². The number of aromatic nitrogens is 3. The summed E-state index contributed by atoms with van der Waals surface area (Å²) in [4.78, 5) is 31.0. The van der Waals surface area contributed by atoms with Crippen LogP contribution in [0.15, 0.2) is 42.9 Å². The van der Waals surface area contributed by atoms with Crippen LogP contribution >= 0.6 is 11.6 Å². The molecule has 0 saturated carbocycles. The topological polar surface area (TPSA) is 83.5 Å². The number of carbonyl (C=O) groups is 1. The van der Waals surface area contributed by atoms with Crippen LogP contribution in [0, 0.1) is 20.8 Å². The van der Waals surface area contributed by atoms with E-state index in [2.05, 4.69) is 45.0 Å². The lowest BCUT2D eigenvalue weighted by molar-refractivity contribution is 0.0943. The first-order valence-corrected chi connectivity index (χ1v) is 14.0. The molecule has 208 valence electrons. The fourth-order valence-corrected chi connectivity index (χ4v) is 5.63. The third-order valence-corrected chi connectivity index (χ3v) is 7.94. The zero-order valence-corrected chi connectivity index (χ0v) is 24.3. The molecule has 39 heavy (non-hydrogen) atoms. The lowest BCUT2D eigenvalue weighted by atomic mass is 9.99. The Morgan fingerprint density at radius 1 is 1.18 bits per heavy atom. The van der Waals surface area contributed by atoms with E-state index >= 15 is 0 Å². The minimum absolute atomic E-state index is 0.0894. The number of halogens is 1. The summed E-state index contributed by atoms with van der Waals surface area (Å²) in [6.07, 6.45) is 8.55. The van der Waals surface area contributed by atoms with Gasteiger partial charge in [-0.1, -0.05) is 11.6 Å². The molecule has 3 aromatic heterocycles. The number of rotatable bonds is 10. The summed E-state index contributed by atoms with van der Waals surface area (Å²) in [5.74, 6) is 1.62. The molecule has 1 N–H and O–H groups in total. The number of hydrogen-bond donors (Lipinski definition) is 1. The quantitative estimate of drug-likeness (QED) is 0.350. The molecule has 4 heterocycles. The van der Waals surface area contributed by atoms with Gasteiger partial charge in [0.25, 0.3) is 5.91 Å².